The van der Waals surface area contributed by atoms with Crippen molar-refractivity contribution in [2.24, 2.45) is 7.05 Å². The van der Waals surface area contributed by atoms with Crippen LogP contribution in [-0.2, 0) is 7.05 Å². The molecule has 5 nitrogen and oxygen atoms in total. The van der Waals surface area contributed by atoms with Gasteiger partial charge in [0, 0.05) is 7.05 Å². The van der Waals surface area contributed by atoms with E-state index < -0.39 is 0 Å². The average molecular weight is 159 g/mol. The van der Waals surface area contributed by atoms with Gasteiger partial charge in [0.1, 0.15) is 17.9 Å². The van der Waals surface area contributed by atoms with Gasteiger partial charge in [-0.25, -0.2) is 15.0 Å². The van der Waals surface area contributed by atoms with E-state index in [4.69, 9.17) is 5.26 Å². The first kappa shape index (κ1) is 6.73. The summed E-state index contributed by atoms with van der Waals surface area (Å²) in [5.41, 5.74) is 1.33. The first-order chi connectivity index (χ1) is 5.83. The second kappa shape index (κ2) is 2.27. The van der Waals surface area contributed by atoms with Crippen LogP contribution in [0.2, 0.25) is 0 Å². The molecule has 5 heteroatoms. The molecule has 0 fully saturated rings. The Labute approximate surface area is 68.3 Å². The van der Waals surface area contributed by atoms with Crippen LogP contribution < -0.4 is 0 Å². The van der Waals surface area contributed by atoms with E-state index in [9.17, 15) is 0 Å². The molecule has 0 saturated carbocycles. The third-order valence-corrected chi connectivity index (χ3v) is 1.63. The van der Waals surface area contributed by atoms with Gasteiger partial charge in [0.25, 0.3) is 0 Å². The number of imidazole rings is 1. The van der Waals surface area contributed by atoms with Gasteiger partial charge in [-0.05, 0) is 0 Å². The van der Waals surface area contributed by atoms with Crippen molar-refractivity contribution in [1.29, 1.82) is 5.26 Å². The van der Waals surface area contributed by atoms with Crippen molar-refractivity contribution >= 4 is 11.2 Å². The predicted octanol–water partition coefficient (Wildman–Crippen LogP) is 0.235. The molecule has 2 aromatic rings. The summed E-state index contributed by atoms with van der Waals surface area (Å²) in [7, 11) is 1.75. The lowest BCUT2D eigenvalue weighted by Gasteiger charge is -1.90. The van der Waals surface area contributed by atoms with Crippen LogP contribution in [0.5, 0.6) is 0 Å². The van der Waals surface area contributed by atoms with E-state index in [1.807, 2.05) is 6.07 Å². The SMILES string of the molecule is Cn1c(C#N)nc2cncnc21. The van der Waals surface area contributed by atoms with Gasteiger partial charge in [0.2, 0.25) is 5.82 Å². The molecule has 0 saturated heterocycles. The summed E-state index contributed by atoms with van der Waals surface area (Å²) >= 11 is 0. The van der Waals surface area contributed by atoms with Crippen LogP contribution in [0.3, 0.4) is 0 Å². The van der Waals surface area contributed by atoms with Crippen molar-refractivity contribution in [2.45, 2.75) is 0 Å². The maximum Gasteiger partial charge on any atom is 0.214 e. The smallest absolute Gasteiger partial charge is 0.214 e. The number of rotatable bonds is 0. The van der Waals surface area contributed by atoms with Crippen molar-refractivity contribution in [1.82, 2.24) is 19.5 Å². The molecular weight excluding hydrogens is 154 g/mol. The minimum absolute atomic E-state index is 0.352. The van der Waals surface area contributed by atoms with E-state index in [1.54, 1.807) is 17.8 Å². The molecule has 0 aliphatic rings. The number of nitriles is 1. The van der Waals surface area contributed by atoms with Crippen molar-refractivity contribution in [3.63, 3.8) is 0 Å². The summed E-state index contributed by atoms with van der Waals surface area (Å²) in [6.07, 6.45) is 3.02. The molecular formula is C7H5N5. The van der Waals surface area contributed by atoms with Gasteiger partial charge in [0.15, 0.2) is 5.65 Å². The fourth-order valence-electron chi connectivity index (χ4n) is 1.04. The molecule has 12 heavy (non-hydrogen) atoms. The van der Waals surface area contributed by atoms with E-state index >= 15 is 0 Å². The highest BCUT2D eigenvalue weighted by molar-refractivity contribution is 5.70. The molecule has 0 spiro atoms. The van der Waals surface area contributed by atoms with Crippen LogP contribution in [0.15, 0.2) is 12.5 Å². The molecule has 0 atom stereocenters. The van der Waals surface area contributed by atoms with Crippen molar-refractivity contribution in [3.8, 4) is 6.07 Å². The topological polar surface area (TPSA) is 67.4 Å². The molecule has 0 N–H and O–H groups in total. The molecule has 58 valence electrons. The summed E-state index contributed by atoms with van der Waals surface area (Å²) in [6.45, 7) is 0. The molecule has 0 bridgehead atoms. The summed E-state index contributed by atoms with van der Waals surface area (Å²) in [4.78, 5) is 11.8. The van der Waals surface area contributed by atoms with E-state index in [0.717, 1.165) is 0 Å². The summed E-state index contributed by atoms with van der Waals surface area (Å²) in [5, 5.41) is 8.64. The fourth-order valence-corrected chi connectivity index (χ4v) is 1.04. The lowest BCUT2D eigenvalue weighted by molar-refractivity contribution is 0.904. The minimum Gasteiger partial charge on any atom is -0.303 e. The molecule has 0 amide bonds. The Kier molecular flexibility index (Phi) is 1.27. The zero-order valence-electron chi connectivity index (χ0n) is 6.39. The zero-order chi connectivity index (χ0) is 8.55. The standard InChI is InChI=1S/C7H5N5/c1-12-6(2-8)11-5-3-9-4-10-7(5)12/h3-4H,1H3. The summed E-state index contributed by atoms with van der Waals surface area (Å²) in [5.74, 6) is 0.352. The molecule has 2 aromatic heterocycles. The third kappa shape index (κ3) is 0.751. The summed E-state index contributed by atoms with van der Waals surface area (Å²) < 4.78 is 1.64. The van der Waals surface area contributed by atoms with Gasteiger partial charge in [-0.1, -0.05) is 0 Å². The third-order valence-electron chi connectivity index (χ3n) is 1.63. The molecule has 0 radical (unpaired) electrons. The van der Waals surface area contributed by atoms with Gasteiger partial charge in [-0.3, -0.25) is 0 Å². The largest absolute Gasteiger partial charge is 0.303 e. The highest BCUT2D eigenvalue weighted by atomic mass is 15.1. The monoisotopic (exact) mass is 159 g/mol. The Morgan fingerprint density at radius 2 is 2.42 bits per heavy atom. The van der Waals surface area contributed by atoms with Gasteiger partial charge >= 0.3 is 0 Å². The minimum atomic E-state index is 0.352. The molecule has 2 rings (SSSR count). The Bertz CT molecular complexity index is 464. The predicted molar refractivity (Wildman–Crippen MR) is 41.0 cm³/mol. The zero-order valence-corrected chi connectivity index (χ0v) is 6.39. The van der Waals surface area contributed by atoms with E-state index in [1.165, 1.54) is 6.33 Å². The van der Waals surface area contributed by atoms with Gasteiger partial charge in [-0.2, -0.15) is 5.26 Å². The number of aromatic nitrogens is 4. The van der Waals surface area contributed by atoms with E-state index in [-0.39, 0.29) is 0 Å². The van der Waals surface area contributed by atoms with Crippen LogP contribution in [0.1, 0.15) is 5.82 Å². The number of nitrogens with zero attached hydrogens (tertiary/aromatic N) is 5. The number of hydrogen-bond acceptors (Lipinski definition) is 4. The molecule has 0 unspecified atom stereocenters. The average Bonchev–Trinajstić information content (AvgIpc) is 2.44. The van der Waals surface area contributed by atoms with Crippen molar-refractivity contribution < 1.29 is 0 Å². The van der Waals surface area contributed by atoms with Crippen LogP contribution in [0.4, 0.5) is 0 Å². The van der Waals surface area contributed by atoms with Crippen LogP contribution in [-0.4, -0.2) is 19.5 Å². The van der Waals surface area contributed by atoms with Crippen LogP contribution >= 0.6 is 0 Å². The molecule has 0 aliphatic carbocycles. The Morgan fingerprint density at radius 3 is 3.08 bits per heavy atom. The quantitative estimate of drug-likeness (QED) is 0.552. The first-order valence-electron chi connectivity index (χ1n) is 3.35. The second-order valence-corrected chi connectivity index (χ2v) is 2.34. The number of hydrogen-bond donors (Lipinski definition) is 0. The lowest BCUT2D eigenvalue weighted by atomic mass is 10.6. The van der Waals surface area contributed by atoms with Crippen LogP contribution in [0.25, 0.3) is 11.2 Å². The molecule has 0 aromatic carbocycles. The van der Waals surface area contributed by atoms with Crippen molar-refractivity contribution in [2.75, 3.05) is 0 Å². The van der Waals surface area contributed by atoms with Gasteiger partial charge < -0.3 is 4.57 Å². The normalized spacial score (nSPS) is 10.0. The first-order valence-corrected chi connectivity index (χ1v) is 3.35. The number of aryl methyl sites for hydroxylation is 1. The fraction of sp³-hybridized carbons (Fsp3) is 0.143. The second-order valence-electron chi connectivity index (χ2n) is 2.34. The highest BCUT2D eigenvalue weighted by Gasteiger charge is 2.06. The number of fused-ring (bicyclic) bond motifs is 1. The Balaban J connectivity index is 2.90. The Morgan fingerprint density at radius 1 is 1.58 bits per heavy atom. The van der Waals surface area contributed by atoms with E-state index in [2.05, 4.69) is 15.0 Å². The van der Waals surface area contributed by atoms with Crippen LogP contribution in [0, 0.1) is 11.3 Å². The maximum absolute atomic E-state index is 8.64. The lowest BCUT2D eigenvalue weighted by Crippen LogP contribution is -1.93. The maximum atomic E-state index is 8.64. The highest BCUT2D eigenvalue weighted by Crippen LogP contribution is 2.08. The van der Waals surface area contributed by atoms with Gasteiger partial charge in [0.05, 0.1) is 6.20 Å². The van der Waals surface area contributed by atoms with E-state index in [0.29, 0.717) is 17.0 Å². The van der Waals surface area contributed by atoms with Gasteiger partial charge in [-0.15, -0.1) is 0 Å². The summed E-state index contributed by atoms with van der Waals surface area (Å²) in [6, 6.07) is 1.97. The molecule has 2 heterocycles. The van der Waals surface area contributed by atoms with Crippen molar-refractivity contribution in [3.05, 3.63) is 18.3 Å². The Hall–Kier alpha value is -1.96. The molecule has 0 aliphatic heterocycles.